The molecule has 1 amide bonds. The van der Waals surface area contributed by atoms with E-state index in [1.54, 1.807) is 18.3 Å². The maximum absolute atomic E-state index is 12.9. The van der Waals surface area contributed by atoms with E-state index in [-0.39, 0.29) is 18.4 Å². The molecule has 1 N–H and O–H groups in total. The molecule has 2 aromatic heterocycles. The molecule has 2 aromatic rings. The van der Waals surface area contributed by atoms with Crippen molar-refractivity contribution >= 4 is 27.3 Å². The highest BCUT2D eigenvalue weighted by molar-refractivity contribution is 7.91. The Morgan fingerprint density at radius 2 is 2.20 bits per heavy atom. The molecule has 1 fully saturated rings. The molecular weight excluding hydrogens is 422 g/mol. The Hall–Kier alpha value is -1.97. The van der Waals surface area contributed by atoms with Crippen LogP contribution >= 0.6 is 11.3 Å². The highest BCUT2D eigenvalue weighted by Crippen LogP contribution is 2.28. The first-order valence-electron chi connectivity index (χ1n) is 10.3. The number of pyridine rings is 1. The van der Waals surface area contributed by atoms with E-state index in [1.807, 2.05) is 19.1 Å². The van der Waals surface area contributed by atoms with Gasteiger partial charge in [-0.3, -0.25) is 4.79 Å². The third-order valence-electron chi connectivity index (χ3n) is 5.10. The van der Waals surface area contributed by atoms with Crippen LogP contribution in [-0.4, -0.2) is 43.3 Å². The lowest BCUT2D eigenvalue weighted by Gasteiger charge is -2.30. The zero-order valence-electron chi connectivity index (χ0n) is 17.5. The van der Waals surface area contributed by atoms with E-state index in [0.717, 1.165) is 23.3 Å². The number of hydrogen-bond donors (Lipinski definition) is 1. The zero-order chi connectivity index (χ0) is 21.6. The second kappa shape index (κ2) is 10.4. The van der Waals surface area contributed by atoms with Gasteiger partial charge in [0.15, 0.2) is 0 Å². The largest absolute Gasteiger partial charge is 0.477 e. The number of ether oxygens (including phenoxy) is 1. The van der Waals surface area contributed by atoms with Crippen LogP contribution in [0.3, 0.4) is 0 Å². The molecule has 0 spiro atoms. The average molecular weight is 452 g/mol. The first-order valence-corrected chi connectivity index (χ1v) is 12.6. The number of carbonyl (C=O) groups excluding carboxylic acids is 1. The van der Waals surface area contributed by atoms with E-state index >= 15 is 0 Å². The Morgan fingerprint density at radius 1 is 1.37 bits per heavy atom. The van der Waals surface area contributed by atoms with Gasteiger partial charge in [0.05, 0.1) is 12.5 Å². The summed E-state index contributed by atoms with van der Waals surface area (Å²) in [6, 6.07) is 7.14. The van der Waals surface area contributed by atoms with E-state index in [9.17, 15) is 13.2 Å². The number of carbonyl (C=O) groups is 1. The van der Waals surface area contributed by atoms with Crippen LogP contribution in [0.25, 0.3) is 0 Å². The lowest BCUT2D eigenvalue weighted by molar-refractivity contribution is -0.126. The Bertz CT molecular complexity index is 959. The molecule has 0 aromatic carbocycles. The maximum Gasteiger partial charge on any atom is 0.252 e. The Kier molecular flexibility index (Phi) is 7.85. The van der Waals surface area contributed by atoms with Crippen molar-refractivity contribution in [2.24, 2.45) is 5.92 Å². The van der Waals surface area contributed by atoms with Gasteiger partial charge in [0.1, 0.15) is 4.21 Å². The van der Waals surface area contributed by atoms with Gasteiger partial charge in [0.2, 0.25) is 11.8 Å². The summed E-state index contributed by atoms with van der Waals surface area (Å²) in [7, 11) is -3.55. The zero-order valence-corrected chi connectivity index (χ0v) is 19.1. The lowest BCUT2D eigenvalue weighted by Crippen LogP contribution is -2.45. The first kappa shape index (κ1) is 22.7. The minimum atomic E-state index is -3.55. The fraction of sp³-hybridized carbons (Fsp3) is 0.524. The van der Waals surface area contributed by atoms with Crippen molar-refractivity contribution in [2.75, 3.05) is 19.7 Å². The molecule has 0 saturated carbocycles. The van der Waals surface area contributed by atoms with Crippen LogP contribution in [0.15, 0.2) is 34.7 Å². The molecule has 1 aliphatic heterocycles. The maximum atomic E-state index is 12.9. The van der Waals surface area contributed by atoms with Crippen LogP contribution < -0.4 is 10.1 Å². The van der Waals surface area contributed by atoms with E-state index < -0.39 is 10.0 Å². The molecule has 164 valence electrons. The topological polar surface area (TPSA) is 88.6 Å². The normalized spacial score (nSPS) is 17.6. The summed E-state index contributed by atoms with van der Waals surface area (Å²) in [6.45, 7) is 5.53. The summed E-state index contributed by atoms with van der Waals surface area (Å²) >= 11 is 1.26. The molecule has 0 aliphatic carbocycles. The highest BCUT2D eigenvalue weighted by atomic mass is 32.2. The Morgan fingerprint density at radius 3 is 2.93 bits per heavy atom. The van der Waals surface area contributed by atoms with Crippen molar-refractivity contribution < 1.29 is 17.9 Å². The summed E-state index contributed by atoms with van der Waals surface area (Å²) in [5.41, 5.74) is 0.816. The number of thiophene rings is 1. The van der Waals surface area contributed by atoms with Crippen molar-refractivity contribution in [1.82, 2.24) is 14.6 Å². The predicted molar refractivity (Wildman–Crippen MR) is 117 cm³/mol. The minimum absolute atomic E-state index is 0.138. The summed E-state index contributed by atoms with van der Waals surface area (Å²) in [5, 5.41) is 2.94. The van der Waals surface area contributed by atoms with Crippen molar-refractivity contribution in [3.05, 3.63) is 40.9 Å². The quantitative estimate of drug-likeness (QED) is 0.591. The van der Waals surface area contributed by atoms with Crippen molar-refractivity contribution in [3.63, 3.8) is 0 Å². The molecule has 1 saturated heterocycles. The molecule has 3 heterocycles. The smallest absolute Gasteiger partial charge is 0.252 e. The fourth-order valence-electron chi connectivity index (χ4n) is 3.38. The van der Waals surface area contributed by atoms with Gasteiger partial charge >= 0.3 is 0 Å². The monoisotopic (exact) mass is 451 g/mol. The van der Waals surface area contributed by atoms with Crippen LogP contribution in [0.2, 0.25) is 0 Å². The number of rotatable bonds is 9. The van der Waals surface area contributed by atoms with E-state index in [2.05, 4.69) is 17.2 Å². The number of unbranched alkanes of at least 4 members (excludes halogenated alkanes) is 1. The van der Waals surface area contributed by atoms with Gasteiger partial charge in [-0.15, -0.1) is 11.3 Å². The molecule has 3 rings (SSSR count). The standard InChI is InChI=1S/C21H29N3O4S2/c1-3-4-13-28-21-17(7-5-11-22-21)14-23-20(25)18-8-6-12-24(15-18)30(26,27)19-10-9-16(2)29-19/h5,7,9-11,18H,3-4,6,8,12-15H2,1-2H3,(H,23,25). The first-order chi connectivity index (χ1) is 14.4. The number of nitrogens with zero attached hydrogens (tertiary/aromatic N) is 2. The second-order valence-electron chi connectivity index (χ2n) is 7.45. The molecule has 7 nitrogen and oxygen atoms in total. The molecule has 9 heteroatoms. The molecular formula is C21H29N3O4S2. The number of piperidine rings is 1. The molecule has 1 atom stereocenters. The summed E-state index contributed by atoms with van der Waals surface area (Å²) in [6.07, 6.45) is 4.99. The SMILES string of the molecule is CCCCOc1ncccc1CNC(=O)C1CCCN(S(=O)(=O)c2ccc(C)s2)C1. The van der Waals surface area contributed by atoms with Crippen LogP contribution in [0.4, 0.5) is 0 Å². The molecule has 0 bridgehead atoms. The van der Waals surface area contributed by atoms with E-state index in [1.165, 1.54) is 15.6 Å². The molecule has 0 radical (unpaired) electrons. The van der Waals surface area contributed by atoms with Crippen LogP contribution in [0, 0.1) is 12.8 Å². The second-order valence-corrected chi connectivity index (χ2v) is 10.9. The van der Waals surface area contributed by atoms with Crippen LogP contribution in [0.5, 0.6) is 5.88 Å². The predicted octanol–water partition coefficient (Wildman–Crippen LogP) is 3.35. The number of hydrogen-bond acceptors (Lipinski definition) is 6. The number of sulfonamides is 1. The summed E-state index contributed by atoms with van der Waals surface area (Å²) in [4.78, 5) is 18.0. The number of nitrogens with one attached hydrogen (secondary N) is 1. The van der Waals surface area contributed by atoms with E-state index in [4.69, 9.17) is 4.74 Å². The highest BCUT2D eigenvalue weighted by Gasteiger charge is 2.34. The summed E-state index contributed by atoms with van der Waals surface area (Å²) < 4.78 is 33.3. The van der Waals surface area contributed by atoms with Gasteiger partial charge in [0, 0.05) is 36.3 Å². The third kappa shape index (κ3) is 5.59. The third-order valence-corrected chi connectivity index (χ3v) is 8.44. The van der Waals surface area contributed by atoms with Gasteiger partial charge in [0.25, 0.3) is 10.0 Å². The van der Waals surface area contributed by atoms with Crippen molar-refractivity contribution in [3.8, 4) is 5.88 Å². The molecule has 1 aliphatic rings. The molecule has 30 heavy (non-hydrogen) atoms. The number of aryl methyl sites for hydroxylation is 1. The van der Waals surface area contributed by atoms with Gasteiger partial charge in [-0.05, 0) is 44.4 Å². The van der Waals surface area contributed by atoms with Gasteiger partial charge in [-0.2, -0.15) is 4.31 Å². The van der Waals surface area contributed by atoms with Crippen molar-refractivity contribution in [2.45, 2.75) is 50.3 Å². The van der Waals surface area contributed by atoms with E-state index in [0.29, 0.717) is 42.6 Å². The Balaban J connectivity index is 1.60. The fourth-order valence-corrected chi connectivity index (χ4v) is 6.34. The van der Waals surface area contributed by atoms with Gasteiger partial charge in [-0.1, -0.05) is 19.4 Å². The van der Waals surface area contributed by atoms with Gasteiger partial charge < -0.3 is 10.1 Å². The Labute approximate surface area is 182 Å². The number of aromatic nitrogens is 1. The molecule has 1 unspecified atom stereocenters. The average Bonchev–Trinajstić information content (AvgIpc) is 3.20. The lowest BCUT2D eigenvalue weighted by atomic mass is 9.99. The van der Waals surface area contributed by atoms with Crippen LogP contribution in [-0.2, 0) is 21.4 Å². The van der Waals surface area contributed by atoms with Crippen LogP contribution in [0.1, 0.15) is 43.0 Å². The number of amides is 1. The van der Waals surface area contributed by atoms with Gasteiger partial charge in [-0.25, -0.2) is 13.4 Å². The summed E-state index contributed by atoms with van der Waals surface area (Å²) in [5.74, 6) is 0.0310. The van der Waals surface area contributed by atoms with Crippen molar-refractivity contribution in [1.29, 1.82) is 0 Å². The minimum Gasteiger partial charge on any atom is -0.477 e.